The molecule has 0 radical (unpaired) electrons. The van der Waals surface area contributed by atoms with Crippen LogP contribution in [0.25, 0.3) is 0 Å². The van der Waals surface area contributed by atoms with E-state index in [2.05, 4.69) is 10.3 Å². The molecule has 0 saturated carbocycles. The number of carbonyl (C=O) groups is 2. The molecular formula is C18H19N3O3. The van der Waals surface area contributed by atoms with E-state index in [1.165, 1.54) is 0 Å². The summed E-state index contributed by atoms with van der Waals surface area (Å²) in [6.07, 6.45) is 3.95. The Bertz CT molecular complexity index is 789. The summed E-state index contributed by atoms with van der Waals surface area (Å²) in [5.41, 5.74) is 3.03. The second kappa shape index (κ2) is 6.70. The molecule has 3 rings (SSSR count). The van der Waals surface area contributed by atoms with Gasteiger partial charge >= 0.3 is 0 Å². The van der Waals surface area contributed by atoms with E-state index < -0.39 is 0 Å². The van der Waals surface area contributed by atoms with Crippen molar-refractivity contribution in [3.63, 3.8) is 0 Å². The van der Waals surface area contributed by atoms with E-state index in [9.17, 15) is 9.59 Å². The van der Waals surface area contributed by atoms with Crippen molar-refractivity contribution in [1.82, 2.24) is 9.88 Å². The number of para-hydroxylation sites is 2. The number of methoxy groups -OCH3 is 1. The summed E-state index contributed by atoms with van der Waals surface area (Å²) in [7, 11) is 1.56. The lowest BCUT2D eigenvalue weighted by Gasteiger charge is -2.28. The van der Waals surface area contributed by atoms with Crippen LogP contribution in [0.2, 0.25) is 0 Å². The molecule has 6 nitrogen and oxygen atoms in total. The quantitative estimate of drug-likeness (QED) is 0.939. The highest BCUT2D eigenvalue weighted by Gasteiger charge is 2.23. The maximum absolute atomic E-state index is 12.7. The summed E-state index contributed by atoms with van der Waals surface area (Å²) in [6, 6.07) is 7.26. The van der Waals surface area contributed by atoms with Crippen molar-refractivity contribution in [3.05, 3.63) is 53.3 Å². The number of aromatic nitrogens is 1. The average molecular weight is 325 g/mol. The van der Waals surface area contributed by atoms with Gasteiger partial charge in [-0.1, -0.05) is 12.1 Å². The van der Waals surface area contributed by atoms with E-state index in [4.69, 9.17) is 4.74 Å². The molecule has 0 bridgehead atoms. The van der Waals surface area contributed by atoms with Crippen molar-refractivity contribution in [1.29, 1.82) is 0 Å². The van der Waals surface area contributed by atoms with Crippen LogP contribution in [0.3, 0.4) is 0 Å². The molecule has 1 aromatic carbocycles. The minimum absolute atomic E-state index is 0.0320. The van der Waals surface area contributed by atoms with Gasteiger partial charge in [-0.2, -0.15) is 0 Å². The lowest BCUT2D eigenvalue weighted by Crippen LogP contribution is -2.35. The number of anilines is 1. The Morgan fingerprint density at radius 2 is 2.04 bits per heavy atom. The number of pyridine rings is 1. The Morgan fingerprint density at radius 3 is 2.79 bits per heavy atom. The minimum Gasteiger partial charge on any atom is -0.495 e. The van der Waals surface area contributed by atoms with Gasteiger partial charge in [0.05, 0.1) is 18.4 Å². The molecule has 2 heterocycles. The maximum atomic E-state index is 12.7. The number of rotatable bonds is 3. The minimum atomic E-state index is -0.222. The van der Waals surface area contributed by atoms with Crippen LogP contribution < -0.4 is 10.1 Å². The first-order chi connectivity index (χ1) is 11.6. The number of hydrogen-bond donors (Lipinski definition) is 1. The predicted molar refractivity (Wildman–Crippen MR) is 90.0 cm³/mol. The van der Waals surface area contributed by atoms with Gasteiger partial charge in [-0.05, 0) is 29.7 Å². The van der Waals surface area contributed by atoms with Crippen LogP contribution in [-0.2, 0) is 17.8 Å². The SMILES string of the molecule is COc1ccccc1NC(=O)c1cncc2c1CCN(C(C)=O)C2. The fraction of sp³-hybridized carbons (Fsp3) is 0.278. The zero-order chi connectivity index (χ0) is 17.1. The summed E-state index contributed by atoms with van der Waals surface area (Å²) in [6.45, 7) is 2.66. The molecular weight excluding hydrogens is 306 g/mol. The summed E-state index contributed by atoms with van der Waals surface area (Å²) >= 11 is 0. The number of ether oxygens (including phenoxy) is 1. The Balaban J connectivity index is 1.87. The molecule has 1 N–H and O–H groups in total. The summed E-state index contributed by atoms with van der Waals surface area (Å²) < 4.78 is 5.26. The first-order valence-electron chi connectivity index (χ1n) is 7.75. The molecule has 6 heteroatoms. The summed E-state index contributed by atoms with van der Waals surface area (Å²) in [5.74, 6) is 0.413. The van der Waals surface area contributed by atoms with Gasteiger partial charge in [0.25, 0.3) is 5.91 Å². The molecule has 1 aliphatic rings. The molecule has 0 unspecified atom stereocenters. The molecule has 0 saturated heterocycles. The third-order valence-electron chi connectivity index (χ3n) is 4.18. The Hall–Kier alpha value is -2.89. The number of fused-ring (bicyclic) bond motifs is 1. The van der Waals surface area contributed by atoms with E-state index in [1.54, 1.807) is 43.5 Å². The molecule has 0 aliphatic carbocycles. The molecule has 24 heavy (non-hydrogen) atoms. The molecule has 1 aliphatic heterocycles. The predicted octanol–water partition coefficient (Wildman–Crippen LogP) is 2.25. The summed E-state index contributed by atoms with van der Waals surface area (Å²) in [5, 5.41) is 2.88. The van der Waals surface area contributed by atoms with E-state index in [0.717, 1.165) is 11.1 Å². The largest absolute Gasteiger partial charge is 0.495 e. The van der Waals surface area contributed by atoms with Gasteiger partial charge in [-0.3, -0.25) is 14.6 Å². The van der Waals surface area contributed by atoms with Crippen molar-refractivity contribution in [2.45, 2.75) is 19.9 Å². The normalized spacial score (nSPS) is 13.2. The Kier molecular flexibility index (Phi) is 4.46. The number of benzene rings is 1. The third-order valence-corrected chi connectivity index (χ3v) is 4.18. The maximum Gasteiger partial charge on any atom is 0.257 e. The number of nitrogens with one attached hydrogen (secondary N) is 1. The fourth-order valence-electron chi connectivity index (χ4n) is 2.90. The van der Waals surface area contributed by atoms with Crippen molar-refractivity contribution in [3.8, 4) is 5.75 Å². The monoisotopic (exact) mass is 325 g/mol. The van der Waals surface area contributed by atoms with Gasteiger partial charge in [0.2, 0.25) is 5.91 Å². The molecule has 2 amide bonds. The summed E-state index contributed by atoms with van der Waals surface area (Å²) in [4.78, 5) is 30.2. The van der Waals surface area contributed by atoms with E-state index in [0.29, 0.717) is 36.5 Å². The lowest BCUT2D eigenvalue weighted by molar-refractivity contribution is -0.129. The lowest BCUT2D eigenvalue weighted by atomic mass is 9.96. The molecule has 0 spiro atoms. The van der Waals surface area contributed by atoms with Gasteiger partial charge in [-0.25, -0.2) is 0 Å². The van der Waals surface area contributed by atoms with Crippen molar-refractivity contribution < 1.29 is 14.3 Å². The van der Waals surface area contributed by atoms with Gasteiger partial charge < -0.3 is 15.0 Å². The topological polar surface area (TPSA) is 71.5 Å². The van der Waals surface area contributed by atoms with Crippen LogP contribution in [0.4, 0.5) is 5.69 Å². The van der Waals surface area contributed by atoms with E-state index >= 15 is 0 Å². The molecule has 0 atom stereocenters. The van der Waals surface area contributed by atoms with E-state index in [-0.39, 0.29) is 11.8 Å². The highest BCUT2D eigenvalue weighted by atomic mass is 16.5. The zero-order valence-corrected chi connectivity index (χ0v) is 13.7. The molecule has 1 aromatic heterocycles. The number of nitrogens with zero attached hydrogens (tertiary/aromatic N) is 2. The van der Waals surface area contributed by atoms with Crippen LogP contribution >= 0.6 is 0 Å². The number of hydrogen-bond acceptors (Lipinski definition) is 4. The van der Waals surface area contributed by atoms with Crippen LogP contribution in [0, 0.1) is 0 Å². The molecule has 124 valence electrons. The standard InChI is InChI=1S/C18H19N3O3/c1-12(22)21-8-7-14-13(11-21)9-19-10-15(14)18(23)20-16-5-3-4-6-17(16)24-2/h3-6,9-10H,7-8,11H2,1-2H3,(H,20,23). The second-order valence-corrected chi connectivity index (χ2v) is 5.67. The first-order valence-corrected chi connectivity index (χ1v) is 7.75. The van der Waals surface area contributed by atoms with Crippen molar-refractivity contribution in [2.24, 2.45) is 0 Å². The van der Waals surface area contributed by atoms with Crippen LogP contribution in [0.15, 0.2) is 36.7 Å². The Morgan fingerprint density at radius 1 is 1.25 bits per heavy atom. The van der Waals surface area contributed by atoms with Crippen LogP contribution in [0.1, 0.15) is 28.4 Å². The van der Waals surface area contributed by atoms with E-state index in [1.807, 2.05) is 12.1 Å². The van der Waals surface area contributed by atoms with Crippen molar-refractivity contribution >= 4 is 17.5 Å². The first kappa shape index (κ1) is 16.0. The van der Waals surface area contributed by atoms with Gasteiger partial charge in [0.15, 0.2) is 0 Å². The number of amides is 2. The molecule has 2 aromatic rings. The van der Waals surface area contributed by atoms with Gasteiger partial charge in [0.1, 0.15) is 5.75 Å². The van der Waals surface area contributed by atoms with Crippen LogP contribution in [0.5, 0.6) is 5.75 Å². The van der Waals surface area contributed by atoms with Crippen LogP contribution in [-0.4, -0.2) is 35.4 Å². The second-order valence-electron chi connectivity index (χ2n) is 5.67. The smallest absolute Gasteiger partial charge is 0.257 e. The average Bonchev–Trinajstić information content (AvgIpc) is 2.61. The van der Waals surface area contributed by atoms with Gasteiger partial charge in [0, 0.05) is 32.4 Å². The highest BCUT2D eigenvalue weighted by Crippen LogP contribution is 2.26. The Labute approximate surface area is 140 Å². The zero-order valence-electron chi connectivity index (χ0n) is 13.7. The van der Waals surface area contributed by atoms with Crippen molar-refractivity contribution in [2.75, 3.05) is 19.0 Å². The molecule has 0 fully saturated rings. The fourth-order valence-corrected chi connectivity index (χ4v) is 2.90. The highest BCUT2D eigenvalue weighted by molar-refractivity contribution is 6.06. The third kappa shape index (κ3) is 3.08. The van der Waals surface area contributed by atoms with Gasteiger partial charge in [-0.15, -0.1) is 0 Å². The number of carbonyl (C=O) groups excluding carboxylic acids is 2.